The van der Waals surface area contributed by atoms with Gasteiger partial charge in [-0.25, -0.2) is 0 Å². The molecule has 0 spiro atoms. The second-order valence-electron chi connectivity index (χ2n) is 7.29. The number of likely N-dealkylation sites (N-methyl/N-ethyl adjacent to an activating group) is 3. The van der Waals surface area contributed by atoms with Crippen LogP contribution in [0.4, 0.5) is 0 Å². The van der Waals surface area contributed by atoms with Gasteiger partial charge in [0.2, 0.25) is 0 Å². The molecule has 1 aliphatic rings. The molecule has 0 aromatic rings. The van der Waals surface area contributed by atoms with Crippen molar-refractivity contribution in [3.05, 3.63) is 59.0 Å². The van der Waals surface area contributed by atoms with Gasteiger partial charge in [-0.2, -0.15) is 0 Å². The molecule has 0 fully saturated rings. The van der Waals surface area contributed by atoms with Crippen LogP contribution in [0, 0.1) is 0 Å². The minimum absolute atomic E-state index is 1.02. The minimum atomic E-state index is 1.02. The molecule has 0 amide bonds. The van der Waals surface area contributed by atoms with Gasteiger partial charge in [-0.15, -0.1) is 19.7 Å². The summed E-state index contributed by atoms with van der Waals surface area (Å²) in [5.74, 6) is 0. The molecule has 32 heavy (non-hydrogen) atoms. The van der Waals surface area contributed by atoms with Crippen molar-refractivity contribution < 1.29 is 24.7 Å². The predicted molar refractivity (Wildman–Crippen MR) is 145 cm³/mol. The van der Waals surface area contributed by atoms with Crippen molar-refractivity contribution in [3.8, 4) is 0 Å². The molecule has 0 bridgehead atoms. The average molecular weight is 524 g/mol. The van der Waals surface area contributed by atoms with E-state index in [0.717, 1.165) is 58.9 Å². The Kier molecular flexibility index (Phi) is 32.1. The van der Waals surface area contributed by atoms with Crippen LogP contribution in [-0.2, 0) is 24.7 Å². The van der Waals surface area contributed by atoms with Crippen molar-refractivity contribution in [2.24, 2.45) is 0 Å². The van der Waals surface area contributed by atoms with Crippen LogP contribution in [0.1, 0.15) is 61.3 Å². The molecular weight excluding hydrogens is 470 g/mol. The quantitative estimate of drug-likeness (QED) is 0.249. The van der Waals surface area contributed by atoms with E-state index in [2.05, 4.69) is 95.1 Å². The van der Waals surface area contributed by atoms with E-state index in [-0.39, 0.29) is 0 Å². The van der Waals surface area contributed by atoms with Gasteiger partial charge in [0.05, 0.1) is 0 Å². The van der Waals surface area contributed by atoms with Gasteiger partial charge in [-0.3, -0.25) is 0 Å². The first-order chi connectivity index (χ1) is 15.4. The molecule has 0 radical (unpaired) electrons. The average Bonchev–Trinajstić information content (AvgIpc) is 3.25. The molecule has 0 heterocycles. The van der Waals surface area contributed by atoms with Crippen LogP contribution in [0.25, 0.3) is 0 Å². The maximum absolute atomic E-state index is 3.65. The Labute approximate surface area is 217 Å². The Morgan fingerprint density at radius 3 is 1.09 bits per heavy atom. The molecular formula is C28H54N3Zr. The fourth-order valence-corrected chi connectivity index (χ4v) is 3.80. The van der Waals surface area contributed by atoms with E-state index in [9.17, 15) is 0 Å². The predicted octanol–water partition coefficient (Wildman–Crippen LogP) is 6.70. The van der Waals surface area contributed by atoms with Crippen LogP contribution in [0.3, 0.4) is 0 Å². The molecule has 0 aromatic heterocycles. The number of hydrogen-bond acceptors (Lipinski definition) is 3. The van der Waals surface area contributed by atoms with Gasteiger partial charge in [-0.1, -0.05) is 59.8 Å². The fourth-order valence-electron chi connectivity index (χ4n) is 2.88. The molecule has 0 N–H and O–H groups in total. The van der Waals surface area contributed by atoms with Crippen LogP contribution >= 0.6 is 0 Å². The molecule has 0 aliphatic heterocycles. The number of rotatable bonds is 13. The zero-order chi connectivity index (χ0) is 25.2. The van der Waals surface area contributed by atoms with Gasteiger partial charge in [0.25, 0.3) is 0 Å². The third-order valence-corrected chi connectivity index (χ3v) is 6.55. The standard InChI is InChI=1S/3C7H15N.C7H9.Zr/c3*1-4-7-8(5-2)6-3;1-2-7-5-3-4-6-7;/h3*4H,1,5-7H2,2-3H3;3,5H,2,4H2,1H3;. The Morgan fingerprint density at radius 1 is 0.688 bits per heavy atom. The maximum atomic E-state index is 3.65. The summed E-state index contributed by atoms with van der Waals surface area (Å²) in [5, 5.41) is 0. The van der Waals surface area contributed by atoms with E-state index >= 15 is 0 Å². The molecule has 3 nitrogen and oxygen atoms in total. The van der Waals surface area contributed by atoms with Crippen molar-refractivity contribution >= 4 is 0 Å². The van der Waals surface area contributed by atoms with E-state index < -0.39 is 0 Å². The molecule has 4 heteroatoms. The third kappa shape index (κ3) is 22.6. The molecule has 0 saturated carbocycles. The molecule has 1 aliphatic carbocycles. The summed E-state index contributed by atoms with van der Waals surface area (Å²) in [6, 6.07) is 0. The Hall–Kier alpha value is -0.537. The second-order valence-corrected chi connectivity index (χ2v) is 8.77. The molecule has 0 atom stereocenters. The van der Waals surface area contributed by atoms with Crippen LogP contribution in [0.15, 0.2) is 59.0 Å². The summed E-state index contributed by atoms with van der Waals surface area (Å²) in [7, 11) is 0. The van der Waals surface area contributed by atoms with Crippen LogP contribution in [0.2, 0.25) is 0 Å². The Bertz CT molecular complexity index is 442. The topological polar surface area (TPSA) is 9.72 Å². The molecule has 1 rings (SSSR count). The fraction of sp³-hybridized carbons (Fsp3) is 0.643. The first-order valence-electron chi connectivity index (χ1n) is 12.5. The van der Waals surface area contributed by atoms with Gasteiger partial charge >= 0.3 is 65.5 Å². The van der Waals surface area contributed by atoms with Gasteiger partial charge < -0.3 is 14.7 Å². The summed E-state index contributed by atoms with van der Waals surface area (Å²) in [6.07, 6.45) is 12.8. The zero-order valence-corrected chi connectivity index (χ0v) is 25.1. The van der Waals surface area contributed by atoms with Gasteiger partial charge in [0.1, 0.15) is 0 Å². The first kappa shape index (κ1) is 36.0. The third-order valence-electron chi connectivity index (χ3n) is 5.25. The summed E-state index contributed by atoms with van der Waals surface area (Å²) in [4.78, 5) is 6.94. The Balaban J connectivity index is -0.000000350. The summed E-state index contributed by atoms with van der Waals surface area (Å²) >= 11 is 1.60. The molecule has 0 unspecified atom stereocenters. The van der Waals surface area contributed by atoms with Crippen molar-refractivity contribution in [1.29, 1.82) is 0 Å². The van der Waals surface area contributed by atoms with Gasteiger partial charge in [-0.05, 0) is 39.3 Å². The molecule has 0 aromatic carbocycles. The molecule has 0 saturated heterocycles. The van der Waals surface area contributed by atoms with E-state index in [0.29, 0.717) is 0 Å². The Morgan fingerprint density at radius 2 is 1.00 bits per heavy atom. The number of allylic oxidation sites excluding steroid dienone is 4. The van der Waals surface area contributed by atoms with E-state index in [1.54, 1.807) is 33.6 Å². The summed E-state index contributed by atoms with van der Waals surface area (Å²) in [6.45, 7) is 36.0. The normalized spacial score (nSPS) is 11.9. The second kappa shape index (κ2) is 28.5. The van der Waals surface area contributed by atoms with E-state index in [4.69, 9.17) is 0 Å². The molecule has 185 valence electrons. The number of hydrogen-bond donors (Lipinski definition) is 0. The van der Waals surface area contributed by atoms with Crippen molar-refractivity contribution in [2.75, 3.05) is 58.9 Å². The number of nitrogens with zero attached hydrogens (tertiary/aromatic N) is 3. The van der Waals surface area contributed by atoms with Gasteiger partial charge in [0.15, 0.2) is 0 Å². The van der Waals surface area contributed by atoms with Crippen molar-refractivity contribution in [1.82, 2.24) is 14.7 Å². The van der Waals surface area contributed by atoms with Crippen molar-refractivity contribution in [3.63, 3.8) is 0 Å². The van der Waals surface area contributed by atoms with Crippen molar-refractivity contribution in [2.45, 2.75) is 61.3 Å². The first-order valence-corrected chi connectivity index (χ1v) is 13.7. The van der Waals surface area contributed by atoms with E-state index in [1.165, 1.54) is 12.8 Å². The summed E-state index contributed by atoms with van der Waals surface area (Å²) in [5.41, 5.74) is 1.57. The zero-order valence-electron chi connectivity index (χ0n) is 22.6. The van der Waals surface area contributed by atoms with Crippen LogP contribution in [-0.4, -0.2) is 73.6 Å². The van der Waals surface area contributed by atoms with E-state index in [1.807, 2.05) is 18.2 Å². The SMILES string of the molecule is C=CCN(CC)CC.C=CCN(CC)CC.C=CCN(CC)CC.CCC1=[C]([Zr])CC=C1. The van der Waals surface area contributed by atoms with Gasteiger partial charge in [0, 0.05) is 19.6 Å². The monoisotopic (exact) mass is 522 g/mol. The van der Waals surface area contributed by atoms with Crippen LogP contribution in [0.5, 0.6) is 0 Å². The summed E-state index contributed by atoms with van der Waals surface area (Å²) < 4.78 is 1.64. The van der Waals surface area contributed by atoms with Crippen LogP contribution < -0.4 is 0 Å².